The minimum Gasteiger partial charge on any atom is -0.444 e. The summed E-state index contributed by atoms with van der Waals surface area (Å²) in [6.45, 7) is 5.55. The molecule has 2 rings (SSSR count). The van der Waals surface area contributed by atoms with Crippen LogP contribution in [0.25, 0.3) is 0 Å². The molecular formula is C15H26N4O3. The van der Waals surface area contributed by atoms with E-state index in [4.69, 9.17) is 4.74 Å². The standard InChI is InChI=1S/C15H26N4O3/c1-15(2,3)22-14(21)16-11-8-6-5-7-10(11)9-12-17-18-13(20)19(12)4/h10-11H,5-9H2,1-4H3,(H,16,21)(H,18,20). The van der Waals surface area contributed by atoms with Crippen molar-refractivity contribution in [2.75, 3.05) is 0 Å². The number of hydrogen-bond donors (Lipinski definition) is 2. The molecule has 0 aliphatic heterocycles. The minimum atomic E-state index is -0.500. The molecule has 1 fully saturated rings. The SMILES string of the molecule is Cn1c(CC2CCCCC2NC(=O)OC(C)(C)C)n[nH]c1=O. The van der Waals surface area contributed by atoms with Gasteiger partial charge in [0.2, 0.25) is 0 Å². The van der Waals surface area contributed by atoms with E-state index in [1.54, 1.807) is 7.05 Å². The number of rotatable bonds is 3. The van der Waals surface area contributed by atoms with Crippen LogP contribution in [0.4, 0.5) is 4.79 Å². The Bertz CT molecular complexity index is 570. The highest BCUT2D eigenvalue weighted by atomic mass is 16.6. The van der Waals surface area contributed by atoms with Gasteiger partial charge in [0.05, 0.1) is 0 Å². The third-order valence-corrected chi connectivity index (χ3v) is 4.03. The van der Waals surface area contributed by atoms with E-state index in [0.29, 0.717) is 6.42 Å². The summed E-state index contributed by atoms with van der Waals surface area (Å²) in [5.74, 6) is 1.00. The first-order valence-electron chi connectivity index (χ1n) is 7.86. The highest BCUT2D eigenvalue weighted by molar-refractivity contribution is 5.68. The Balaban J connectivity index is 2.00. The molecular weight excluding hydrogens is 284 g/mol. The van der Waals surface area contributed by atoms with Gasteiger partial charge in [-0.05, 0) is 39.5 Å². The lowest BCUT2D eigenvalue weighted by Gasteiger charge is -2.32. The molecule has 2 N–H and O–H groups in total. The smallest absolute Gasteiger partial charge is 0.407 e. The Morgan fingerprint density at radius 1 is 1.41 bits per heavy atom. The first-order valence-corrected chi connectivity index (χ1v) is 7.86. The van der Waals surface area contributed by atoms with Crippen LogP contribution < -0.4 is 11.0 Å². The molecule has 2 atom stereocenters. The van der Waals surface area contributed by atoms with E-state index in [0.717, 1.165) is 31.5 Å². The van der Waals surface area contributed by atoms with E-state index in [1.165, 1.54) is 4.57 Å². The molecule has 0 saturated heterocycles. The lowest BCUT2D eigenvalue weighted by atomic mass is 9.82. The van der Waals surface area contributed by atoms with Crippen molar-refractivity contribution in [3.05, 3.63) is 16.3 Å². The molecule has 0 bridgehead atoms. The van der Waals surface area contributed by atoms with Crippen LogP contribution in [-0.4, -0.2) is 32.5 Å². The summed E-state index contributed by atoms with van der Waals surface area (Å²) in [7, 11) is 1.71. The first-order chi connectivity index (χ1) is 10.3. The van der Waals surface area contributed by atoms with Gasteiger partial charge in [-0.15, -0.1) is 0 Å². The van der Waals surface area contributed by atoms with Crippen LogP contribution in [0.15, 0.2) is 4.79 Å². The summed E-state index contributed by atoms with van der Waals surface area (Å²) in [5.41, 5.74) is -0.706. The number of aromatic amines is 1. The van der Waals surface area contributed by atoms with Crippen molar-refractivity contribution in [3.8, 4) is 0 Å². The van der Waals surface area contributed by atoms with Crippen LogP contribution >= 0.6 is 0 Å². The number of aromatic nitrogens is 3. The van der Waals surface area contributed by atoms with Crippen molar-refractivity contribution in [2.24, 2.45) is 13.0 Å². The summed E-state index contributed by atoms with van der Waals surface area (Å²) in [5, 5.41) is 9.51. The van der Waals surface area contributed by atoms with Gasteiger partial charge in [-0.2, -0.15) is 5.10 Å². The second-order valence-corrected chi connectivity index (χ2v) is 7.01. The van der Waals surface area contributed by atoms with Crippen LogP contribution in [0.3, 0.4) is 0 Å². The molecule has 2 unspecified atom stereocenters. The zero-order chi connectivity index (χ0) is 16.3. The van der Waals surface area contributed by atoms with Crippen LogP contribution in [0.2, 0.25) is 0 Å². The number of alkyl carbamates (subject to hydrolysis) is 1. The summed E-state index contributed by atoms with van der Waals surface area (Å²) < 4.78 is 6.87. The van der Waals surface area contributed by atoms with E-state index in [-0.39, 0.29) is 23.7 Å². The second-order valence-electron chi connectivity index (χ2n) is 7.01. The molecule has 1 aliphatic carbocycles. The molecule has 0 radical (unpaired) electrons. The lowest BCUT2D eigenvalue weighted by molar-refractivity contribution is 0.0468. The summed E-state index contributed by atoms with van der Waals surface area (Å²) in [6.07, 6.45) is 4.48. The van der Waals surface area contributed by atoms with Crippen molar-refractivity contribution >= 4 is 6.09 Å². The molecule has 7 heteroatoms. The Labute approximate surface area is 130 Å². The first kappa shape index (κ1) is 16.6. The maximum absolute atomic E-state index is 12.0. The predicted molar refractivity (Wildman–Crippen MR) is 82.6 cm³/mol. The highest BCUT2D eigenvalue weighted by Gasteiger charge is 2.29. The monoisotopic (exact) mass is 310 g/mol. The molecule has 124 valence electrons. The van der Waals surface area contributed by atoms with Crippen LogP contribution in [-0.2, 0) is 18.2 Å². The average Bonchev–Trinajstić information content (AvgIpc) is 2.71. The molecule has 7 nitrogen and oxygen atoms in total. The minimum absolute atomic E-state index is 0.0652. The summed E-state index contributed by atoms with van der Waals surface area (Å²) in [4.78, 5) is 23.4. The Morgan fingerprint density at radius 3 is 2.68 bits per heavy atom. The fourth-order valence-electron chi connectivity index (χ4n) is 2.90. The van der Waals surface area contributed by atoms with Gasteiger partial charge in [0, 0.05) is 19.5 Å². The van der Waals surface area contributed by atoms with Gasteiger partial charge in [-0.3, -0.25) is 4.57 Å². The number of ether oxygens (including phenoxy) is 1. The van der Waals surface area contributed by atoms with Gasteiger partial charge in [-0.1, -0.05) is 12.8 Å². The number of carbonyl (C=O) groups is 1. The van der Waals surface area contributed by atoms with Crippen LogP contribution in [0, 0.1) is 5.92 Å². The Hall–Kier alpha value is -1.79. The van der Waals surface area contributed by atoms with Crippen LogP contribution in [0.1, 0.15) is 52.3 Å². The molecule has 1 aromatic heterocycles. The third-order valence-electron chi connectivity index (χ3n) is 4.03. The van der Waals surface area contributed by atoms with E-state index in [9.17, 15) is 9.59 Å². The second kappa shape index (κ2) is 6.54. The fourth-order valence-corrected chi connectivity index (χ4v) is 2.90. The van der Waals surface area contributed by atoms with Crippen molar-refractivity contribution in [1.29, 1.82) is 0 Å². The normalized spacial score (nSPS) is 22.4. The van der Waals surface area contributed by atoms with E-state index in [2.05, 4.69) is 15.5 Å². The van der Waals surface area contributed by atoms with Gasteiger partial charge in [0.15, 0.2) is 0 Å². The lowest BCUT2D eigenvalue weighted by Crippen LogP contribution is -2.45. The largest absolute Gasteiger partial charge is 0.444 e. The molecule has 0 spiro atoms. The quantitative estimate of drug-likeness (QED) is 0.890. The number of H-pyrrole nitrogens is 1. The van der Waals surface area contributed by atoms with E-state index < -0.39 is 5.60 Å². The fraction of sp³-hybridized carbons (Fsp3) is 0.800. The molecule has 1 aliphatic rings. The van der Waals surface area contributed by atoms with Crippen LogP contribution in [0.5, 0.6) is 0 Å². The van der Waals surface area contributed by atoms with Gasteiger partial charge in [0.25, 0.3) is 0 Å². The summed E-state index contributed by atoms with van der Waals surface area (Å²) >= 11 is 0. The molecule has 1 heterocycles. The molecule has 1 aromatic rings. The maximum Gasteiger partial charge on any atom is 0.407 e. The predicted octanol–water partition coefficient (Wildman–Crippen LogP) is 1.73. The zero-order valence-corrected chi connectivity index (χ0v) is 13.8. The van der Waals surface area contributed by atoms with Crippen molar-refractivity contribution < 1.29 is 9.53 Å². The number of nitrogens with zero attached hydrogens (tertiary/aromatic N) is 2. The van der Waals surface area contributed by atoms with Crippen molar-refractivity contribution in [3.63, 3.8) is 0 Å². The Morgan fingerprint density at radius 2 is 2.09 bits per heavy atom. The van der Waals surface area contributed by atoms with E-state index >= 15 is 0 Å². The molecule has 1 amide bonds. The number of nitrogens with one attached hydrogen (secondary N) is 2. The van der Waals surface area contributed by atoms with Crippen molar-refractivity contribution in [2.45, 2.75) is 64.5 Å². The Kier molecular flexibility index (Phi) is 4.93. The average molecular weight is 310 g/mol. The van der Waals surface area contributed by atoms with Gasteiger partial charge < -0.3 is 10.1 Å². The van der Waals surface area contributed by atoms with Gasteiger partial charge >= 0.3 is 11.8 Å². The number of hydrogen-bond acceptors (Lipinski definition) is 4. The zero-order valence-electron chi connectivity index (χ0n) is 13.8. The van der Waals surface area contributed by atoms with Crippen molar-refractivity contribution in [1.82, 2.24) is 20.1 Å². The topological polar surface area (TPSA) is 89.0 Å². The van der Waals surface area contributed by atoms with E-state index in [1.807, 2.05) is 20.8 Å². The molecule has 0 aromatic carbocycles. The maximum atomic E-state index is 12.0. The highest BCUT2D eigenvalue weighted by Crippen LogP contribution is 2.27. The molecule has 22 heavy (non-hydrogen) atoms. The number of amides is 1. The molecule has 1 saturated carbocycles. The third kappa shape index (κ3) is 4.35. The summed E-state index contributed by atoms with van der Waals surface area (Å²) in [6, 6.07) is 0.0652. The van der Waals surface area contributed by atoms with Gasteiger partial charge in [-0.25, -0.2) is 14.7 Å². The number of carbonyl (C=O) groups excluding carboxylic acids is 1. The van der Waals surface area contributed by atoms with Gasteiger partial charge in [0.1, 0.15) is 11.4 Å².